The number of H-pyrrole nitrogens is 4. The van der Waals surface area contributed by atoms with E-state index in [1.807, 2.05) is 0 Å². The number of aliphatic hydroxyl groups is 3. The number of aromatic nitrogens is 7. The van der Waals surface area contributed by atoms with Crippen molar-refractivity contribution < 1.29 is 112 Å². The van der Waals surface area contributed by atoms with Gasteiger partial charge in [-0.2, -0.15) is 11.8 Å². The third-order valence-electron chi connectivity index (χ3n) is 21.2. The first-order chi connectivity index (χ1) is 64.1. The molecule has 52 heteroatoms. The van der Waals surface area contributed by atoms with Gasteiger partial charge < -0.3 is 154 Å². The standard InChI is InChI=1S/C83H120N28O23S/c1-6-41(4)67(87)81(132)110-62(35-113)80(131)101-53(22-40(2)3)71(122)109-61(34-112)79(130)108-60(29-66(86)118)78(129)106-56(25-44-31-90-37-95-44)74(125)98-50(12-9-20-93-83(88)89)68(119)100-52(19-21-135-5)70(121)99-51(17-18-64(84)116)69(120)103-55(24-43-30-94-49-11-8-7-10-48(43)49)73(124)104-57(26-45-32-91-38-96-45)75(126)105-58(27-46-33-92-39-97-46)76(127)107-59(28-65(85)117)77(128)102-54(23-42-13-15-47(115)16-14-42)72(123)111-63(36-114)82(133)134/h7-8,10-11,13-16,30-33,37-41,50-63,67,94,112-115H,6,9,12,17-29,34-36,87H2,1-5H3,(H2,84,116)(H2,85,117)(H2,86,118)(H,90,95)(H,91,96)(H,92,97)(H,98,125)(H,99,121)(H,100,119)(H,101,131)(H,102,128)(H,103,120)(H,104,124)(H,105,126)(H,106,129)(H,107,127)(H,108,130)(H,109,122)(H,110,132)(H,111,123)(H,133,134)(H4,88,89,93)/t41-,50-,51-,52-,53-,54-,55-,56-,57-,58-,59-,60-,61-,62-,63-,67-/m0/s1. The zero-order valence-corrected chi connectivity index (χ0v) is 75.4. The average Bonchev–Trinajstić information content (AvgIpc) is 1.71. The molecule has 0 bridgehead atoms. The number of rotatable bonds is 60. The molecule has 0 spiro atoms. The van der Waals surface area contributed by atoms with Crippen molar-refractivity contribution in [2.75, 3.05) is 38.4 Å². The molecule has 0 fully saturated rings. The minimum atomic E-state index is -1.99. The van der Waals surface area contributed by atoms with Crippen LogP contribution in [0.4, 0.5) is 0 Å². The van der Waals surface area contributed by atoms with Crippen molar-refractivity contribution in [1.82, 2.24) is 115 Å². The summed E-state index contributed by atoms with van der Waals surface area (Å²) in [6.07, 6.45) is 5.27. The third-order valence-corrected chi connectivity index (χ3v) is 21.8. The van der Waals surface area contributed by atoms with Gasteiger partial charge >= 0.3 is 5.97 Å². The number of phenols is 1. The molecule has 0 saturated heterocycles. The number of thioether (sulfide) groups is 1. The van der Waals surface area contributed by atoms with Crippen molar-refractivity contribution in [2.24, 2.45) is 40.5 Å². The number of hydrogen-bond acceptors (Lipinski definition) is 28. The zero-order valence-electron chi connectivity index (χ0n) is 74.6. The van der Waals surface area contributed by atoms with Crippen LogP contribution in [0.2, 0.25) is 0 Å². The molecule has 0 radical (unpaired) electrons. The fraction of sp³-hybridized carbons (Fsp3) is 0.494. The van der Waals surface area contributed by atoms with E-state index in [1.54, 1.807) is 58.2 Å². The van der Waals surface area contributed by atoms with Gasteiger partial charge in [0, 0.05) is 97.8 Å². The number of nitrogens with two attached hydrogens (primary N) is 5. The molecule has 4 aromatic heterocycles. The first-order valence-electron chi connectivity index (χ1n) is 42.9. The second kappa shape index (κ2) is 55.0. The third kappa shape index (κ3) is 36.4. The van der Waals surface area contributed by atoms with E-state index >= 15 is 19.2 Å². The first-order valence-corrected chi connectivity index (χ1v) is 44.3. The fourth-order valence-electron chi connectivity index (χ4n) is 13.6. The minimum absolute atomic E-state index is 0.0544. The molecule has 17 amide bonds. The Morgan fingerprint density at radius 2 is 0.793 bits per heavy atom. The number of benzene rings is 2. The number of aliphatic carboxylic acids is 1. The van der Waals surface area contributed by atoms with Gasteiger partial charge in [0.2, 0.25) is 100 Å². The number of aliphatic hydroxyl groups excluding tert-OH is 3. The summed E-state index contributed by atoms with van der Waals surface area (Å²) in [5.74, 6) is -21.9. The predicted molar refractivity (Wildman–Crippen MR) is 482 cm³/mol. The van der Waals surface area contributed by atoms with Gasteiger partial charge in [0.05, 0.1) is 57.7 Å². The summed E-state index contributed by atoms with van der Waals surface area (Å²) >= 11 is 1.20. The Morgan fingerprint density at radius 1 is 0.430 bits per heavy atom. The van der Waals surface area contributed by atoms with Crippen LogP contribution < -0.4 is 108 Å². The Hall–Kier alpha value is -14.7. The number of nitrogens with one attached hydrogen (secondary N) is 20. The molecule has 51 nitrogen and oxygen atoms in total. The van der Waals surface area contributed by atoms with E-state index in [-0.39, 0.29) is 72.6 Å². The Labute approximate surface area is 776 Å². The van der Waals surface area contributed by atoms with Crippen molar-refractivity contribution in [3.8, 4) is 5.75 Å². The van der Waals surface area contributed by atoms with Gasteiger partial charge in [-0.3, -0.25) is 86.9 Å². The molecule has 0 aliphatic rings. The number of aromatic hydroxyl groups is 1. The molecule has 736 valence electrons. The van der Waals surface area contributed by atoms with Gasteiger partial charge in [0.15, 0.2) is 5.96 Å². The SMILES string of the molecule is CC[C@H](C)[C@H](N)C(=O)N[C@@H](CO)C(=O)N[C@@H](CC(C)C)C(=O)N[C@@H](CO)C(=O)N[C@@H](CC(N)=O)C(=O)N[C@@H](Cc1cnc[nH]1)C(=O)N[C@@H](CCCNC(=N)N)C(=O)N[C@@H](CCSC)C(=O)N[C@@H](CCC(N)=O)C(=O)N[C@@H](Cc1c[nH]c2ccccc12)C(=O)N[C@@H](Cc1cnc[nH]1)C(=O)N[C@@H](Cc1cnc[nH]1)C(=O)N[C@@H](CC(N)=O)C(=O)N[C@@H](Cc1ccc(O)cc1)C(=O)N[C@@H](CO)C(=O)O. The van der Waals surface area contributed by atoms with Crippen LogP contribution in [0.5, 0.6) is 5.75 Å². The maximum absolute atomic E-state index is 15.4. The topological polar surface area (TPSA) is 845 Å². The molecule has 0 aliphatic carbocycles. The molecule has 4 heterocycles. The van der Waals surface area contributed by atoms with E-state index in [9.17, 15) is 92.7 Å². The number of imidazole rings is 3. The van der Waals surface area contributed by atoms with Gasteiger partial charge in [-0.25, -0.2) is 19.7 Å². The fourth-order valence-corrected chi connectivity index (χ4v) is 14.0. The van der Waals surface area contributed by atoms with Crippen molar-refractivity contribution in [2.45, 2.75) is 208 Å². The maximum atomic E-state index is 15.4. The Balaban J connectivity index is 1.28. The summed E-state index contributed by atoms with van der Waals surface area (Å²) in [4.78, 5) is 276. The molecule has 6 rings (SSSR count). The van der Waals surface area contributed by atoms with Crippen LogP contribution in [0, 0.1) is 17.2 Å². The molecule has 2 aromatic carbocycles. The van der Waals surface area contributed by atoms with Crippen LogP contribution in [-0.4, -0.2) is 302 Å². The highest BCUT2D eigenvalue weighted by molar-refractivity contribution is 7.98. The van der Waals surface area contributed by atoms with Crippen molar-refractivity contribution >= 4 is 135 Å². The van der Waals surface area contributed by atoms with Crippen LogP contribution in [0.3, 0.4) is 0 Å². The number of nitrogens with zero attached hydrogens (tertiary/aromatic N) is 3. The van der Waals surface area contributed by atoms with Crippen molar-refractivity contribution in [1.29, 1.82) is 5.41 Å². The van der Waals surface area contributed by atoms with Gasteiger partial charge in [-0.1, -0.05) is 64.4 Å². The van der Waals surface area contributed by atoms with E-state index in [4.69, 9.17) is 34.1 Å². The summed E-state index contributed by atoms with van der Waals surface area (Å²) in [5, 5.41) is 95.0. The molecule has 135 heavy (non-hydrogen) atoms. The Morgan fingerprint density at radius 3 is 1.19 bits per heavy atom. The number of amides is 17. The zero-order chi connectivity index (χ0) is 99.7. The lowest BCUT2D eigenvalue weighted by Crippen LogP contribution is -2.62. The minimum Gasteiger partial charge on any atom is -0.508 e. The van der Waals surface area contributed by atoms with Gasteiger partial charge in [0.1, 0.15) is 90.3 Å². The van der Waals surface area contributed by atoms with Crippen molar-refractivity contribution in [3.05, 3.63) is 121 Å². The quantitative estimate of drug-likeness (QED) is 0.00958. The number of para-hydroxylation sites is 1. The summed E-state index contributed by atoms with van der Waals surface area (Å²) < 4.78 is 0. The number of carbonyl (C=O) groups is 18. The number of fused-ring (bicyclic) bond motifs is 1. The molecule has 35 N–H and O–H groups in total. The maximum Gasteiger partial charge on any atom is 0.328 e. The summed E-state index contributed by atoms with van der Waals surface area (Å²) in [6.45, 7) is 3.59. The molecule has 0 saturated carbocycles. The molecule has 0 aliphatic heterocycles. The second-order valence-corrected chi connectivity index (χ2v) is 33.2. The highest BCUT2D eigenvalue weighted by atomic mass is 32.2. The molecule has 0 unspecified atom stereocenters. The highest BCUT2D eigenvalue weighted by Crippen LogP contribution is 2.22. The molecular formula is C83H120N28O23S. The number of guanidine groups is 1. The normalized spacial score (nSPS) is 14.7. The molecular weight excluding hydrogens is 1790 g/mol. The number of carboxylic acids is 1. The van der Waals surface area contributed by atoms with E-state index in [2.05, 4.69) is 115 Å². The molecule has 6 aromatic rings. The number of carboxylic acid groups (broad SMARTS) is 1. The number of primary amides is 3. The smallest absolute Gasteiger partial charge is 0.328 e. The Kier molecular flexibility index (Phi) is 44.4. The van der Waals surface area contributed by atoms with E-state index in [1.165, 1.54) is 79.8 Å². The monoisotopic (exact) mass is 1910 g/mol. The van der Waals surface area contributed by atoms with Crippen LogP contribution in [-0.2, 0) is 118 Å². The van der Waals surface area contributed by atoms with Crippen LogP contribution in [0.1, 0.15) is 114 Å². The van der Waals surface area contributed by atoms with Gasteiger partial charge in [0.25, 0.3) is 0 Å². The van der Waals surface area contributed by atoms with E-state index in [0.29, 0.717) is 28.5 Å². The van der Waals surface area contributed by atoms with Gasteiger partial charge in [-0.05, 0) is 85.3 Å². The summed E-state index contributed by atoms with van der Waals surface area (Å²) in [6, 6.07) is -13.7. The summed E-state index contributed by atoms with van der Waals surface area (Å²) in [5.41, 5.74) is 30.3. The Bertz CT molecular complexity index is 5020. The lowest BCUT2D eigenvalue weighted by Gasteiger charge is -2.28. The van der Waals surface area contributed by atoms with Crippen LogP contribution >= 0.6 is 11.8 Å². The highest BCUT2D eigenvalue weighted by Gasteiger charge is 2.40. The molecule has 16 atom stereocenters. The van der Waals surface area contributed by atoms with Crippen LogP contribution in [0.25, 0.3) is 10.9 Å². The summed E-state index contributed by atoms with van der Waals surface area (Å²) in [7, 11) is 0. The first kappa shape index (κ1) is 109. The lowest BCUT2D eigenvalue weighted by atomic mass is 9.99. The average molecular weight is 1910 g/mol. The number of phenolic OH excluding ortho intramolecular Hbond substituents is 1. The largest absolute Gasteiger partial charge is 0.508 e. The van der Waals surface area contributed by atoms with E-state index < -0.39 is 281 Å². The second-order valence-electron chi connectivity index (χ2n) is 32.2. The van der Waals surface area contributed by atoms with E-state index in [0.717, 1.165) is 0 Å². The number of carbonyl (C=O) groups excluding carboxylic acids is 17. The lowest BCUT2D eigenvalue weighted by molar-refractivity contribution is -0.143. The van der Waals surface area contributed by atoms with Crippen molar-refractivity contribution in [3.63, 3.8) is 0 Å². The predicted octanol–water partition coefficient (Wildman–Crippen LogP) is -9.14. The van der Waals surface area contributed by atoms with Gasteiger partial charge in [-0.15, -0.1) is 0 Å². The number of hydrogen-bond donors (Lipinski definition) is 30. The van der Waals surface area contributed by atoms with Crippen LogP contribution in [0.15, 0.2) is 92.3 Å². The number of aromatic amines is 4.